The zero-order chi connectivity index (χ0) is 20.1. The molecular weight excluding hydrogens is 356 g/mol. The van der Waals surface area contributed by atoms with Gasteiger partial charge < -0.3 is 5.32 Å². The third-order valence-electron chi connectivity index (χ3n) is 4.85. The number of carbonyl (C=O) groups excluding carboxylic acids is 1. The predicted octanol–water partition coefficient (Wildman–Crippen LogP) is 1.29. The molecule has 2 heterocycles. The van der Waals surface area contributed by atoms with Crippen LogP contribution in [0.3, 0.4) is 0 Å². The zero-order valence-electron chi connectivity index (χ0n) is 16.6. The third-order valence-corrected chi connectivity index (χ3v) is 4.85. The molecule has 0 aliphatic rings. The molecule has 1 N–H and O–H groups in total. The van der Waals surface area contributed by atoms with Crippen LogP contribution in [0.1, 0.15) is 25.0 Å². The SMILES string of the molecule is CCN(CC)Cc1ccc(CNC(=O)Cn2cnc3c(cnn3C)c2=O)cc1. The summed E-state index contributed by atoms with van der Waals surface area (Å²) in [6, 6.07) is 8.22. The summed E-state index contributed by atoms with van der Waals surface area (Å²) in [6.07, 6.45) is 2.85. The quantitative estimate of drug-likeness (QED) is 0.635. The molecule has 8 heteroatoms. The van der Waals surface area contributed by atoms with Crippen molar-refractivity contribution in [3.8, 4) is 0 Å². The molecule has 0 atom stereocenters. The maximum atomic E-state index is 12.4. The number of hydrogen-bond acceptors (Lipinski definition) is 5. The fourth-order valence-corrected chi connectivity index (χ4v) is 3.06. The predicted molar refractivity (Wildman–Crippen MR) is 108 cm³/mol. The topological polar surface area (TPSA) is 85.1 Å². The van der Waals surface area contributed by atoms with Crippen molar-refractivity contribution in [3.63, 3.8) is 0 Å². The van der Waals surface area contributed by atoms with Gasteiger partial charge in [0.25, 0.3) is 5.56 Å². The van der Waals surface area contributed by atoms with E-state index in [4.69, 9.17) is 0 Å². The molecule has 1 amide bonds. The minimum Gasteiger partial charge on any atom is -0.350 e. The molecule has 1 aromatic carbocycles. The van der Waals surface area contributed by atoms with Crippen molar-refractivity contribution in [3.05, 3.63) is 58.3 Å². The van der Waals surface area contributed by atoms with Crippen molar-refractivity contribution in [1.82, 2.24) is 29.5 Å². The molecule has 148 valence electrons. The molecule has 0 saturated heterocycles. The van der Waals surface area contributed by atoms with Gasteiger partial charge in [-0.3, -0.25) is 23.7 Å². The minimum atomic E-state index is -0.269. The Morgan fingerprint density at radius 1 is 1.14 bits per heavy atom. The number of amides is 1. The summed E-state index contributed by atoms with van der Waals surface area (Å²) in [5.74, 6) is -0.237. The van der Waals surface area contributed by atoms with Crippen molar-refractivity contribution in [1.29, 1.82) is 0 Å². The molecule has 8 nitrogen and oxygen atoms in total. The summed E-state index contributed by atoms with van der Waals surface area (Å²) in [4.78, 5) is 31.2. The number of aromatic nitrogens is 4. The highest BCUT2D eigenvalue weighted by Crippen LogP contribution is 2.08. The van der Waals surface area contributed by atoms with Gasteiger partial charge in [-0.05, 0) is 24.2 Å². The van der Waals surface area contributed by atoms with Gasteiger partial charge in [0.2, 0.25) is 5.91 Å². The number of nitrogens with zero attached hydrogens (tertiary/aromatic N) is 5. The maximum absolute atomic E-state index is 12.4. The Balaban J connectivity index is 1.57. The van der Waals surface area contributed by atoms with Crippen LogP contribution in [-0.2, 0) is 31.5 Å². The van der Waals surface area contributed by atoms with Crippen molar-refractivity contribution in [2.45, 2.75) is 33.5 Å². The number of nitrogens with one attached hydrogen (secondary N) is 1. The molecule has 0 unspecified atom stereocenters. The fraction of sp³-hybridized carbons (Fsp3) is 0.400. The number of fused-ring (bicyclic) bond motifs is 1. The smallest absolute Gasteiger partial charge is 0.264 e. The lowest BCUT2D eigenvalue weighted by atomic mass is 10.1. The van der Waals surface area contributed by atoms with Crippen molar-refractivity contribution in [2.75, 3.05) is 13.1 Å². The Labute approximate surface area is 163 Å². The third kappa shape index (κ3) is 4.45. The van der Waals surface area contributed by atoms with Crippen molar-refractivity contribution >= 4 is 16.9 Å². The molecule has 0 aliphatic heterocycles. The van der Waals surface area contributed by atoms with Gasteiger partial charge >= 0.3 is 0 Å². The second kappa shape index (κ2) is 8.79. The molecular formula is C20H26N6O2. The van der Waals surface area contributed by atoms with Crippen LogP contribution < -0.4 is 10.9 Å². The first kappa shape index (κ1) is 19.8. The zero-order valence-corrected chi connectivity index (χ0v) is 16.6. The second-order valence-electron chi connectivity index (χ2n) is 6.74. The average Bonchev–Trinajstić information content (AvgIpc) is 3.09. The molecule has 0 aliphatic carbocycles. The van der Waals surface area contributed by atoms with E-state index in [1.165, 1.54) is 27.3 Å². The van der Waals surface area contributed by atoms with Crippen LogP contribution in [0.15, 0.2) is 41.6 Å². The second-order valence-corrected chi connectivity index (χ2v) is 6.74. The molecule has 0 fully saturated rings. The highest BCUT2D eigenvalue weighted by Gasteiger charge is 2.10. The molecule has 3 aromatic rings. The van der Waals surface area contributed by atoms with Crippen molar-refractivity contribution < 1.29 is 4.79 Å². The Kier molecular flexibility index (Phi) is 6.20. The normalized spacial score (nSPS) is 11.3. The van der Waals surface area contributed by atoms with Gasteiger partial charge in [0.15, 0.2) is 5.65 Å². The van der Waals surface area contributed by atoms with Gasteiger partial charge in [0, 0.05) is 20.1 Å². The lowest BCUT2D eigenvalue weighted by Crippen LogP contribution is -2.32. The number of rotatable bonds is 8. The first-order valence-corrected chi connectivity index (χ1v) is 9.45. The van der Waals surface area contributed by atoms with Gasteiger partial charge in [0.1, 0.15) is 18.3 Å². The summed E-state index contributed by atoms with van der Waals surface area (Å²) in [5, 5.41) is 7.28. The Bertz CT molecular complexity index is 1000. The van der Waals surface area contributed by atoms with Gasteiger partial charge in [0.05, 0.1) is 6.20 Å². The maximum Gasteiger partial charge on any atom is 0.264 e. The number of carbonyl (C=O) groups is 1. The summed E-state index contributed by atoms with van der Waals surface area (Å²) in [7, 11) is 1.72. The van der Waals surface area contributed by atoms with E-state index in [1.54, 1.807) is 7.05 Å². The Morgan fingerprint density at radius 3 is 2.50 bits per heavy atom. The van der Waals surface area contributed by atoms with Gasteiger partial charge in [-0.25, -0.2) is 4.98 Å². The summed E-state index contributed by atoms with van der Waals surface area (Å²) in [5.41, 5.74) is 2.51. The summed E-state index contributed by atoms with van der Waals surface area (Å²) < 4.78 is 2.83. The van der Waals surface area contributed by atoms with E-state index >= 15 is 0 Å². The van der Waals surface area contributed by atoms with Crippen molar-refractivity contribution in [2.24, 2.45) is 7.05 Å². The highest BCUT2D eigenvalue weighted by molar-refractivity contribution is 5.77. The van der Waals surface area contributed by atoms with E-state index in [9.17, 15) is 9.59 Å². The van der Waals surface area contributed by atoms with Crippen LogP contribution in [0.4, 0.5) is 0 Å². The molecule has 2 aromatic heterocycles. The fourth-order valence-electron chi connectivity index (χ4n) is 3.06. The van der Waals surface area contributed by atoms with Gasteiger partial charge in [-0.2, -0.15) is 5.10 Å². The van der Waals surface area contributed by atoms with Crippen LogP contribution in [0.2, 0.25) is 0 Å². The lowest BCUT2D eigenvalue weighted by Gasteiger charge is -2.18. The van der Waals surface area contributed by atoms with Crippen LogP contribution in [0, 0.1) is 0 Å². The first-order chi connectivity index (χ1) is 13.5. The number of benzene rings is 1. The van der Waals surface area contributed by atoms with Crippen LogP contribution >= 0.6 is 0 Å². The first-order valence-electron chi connectivity index (χ1n) is 9.45. The van der Waals surface area contributed by atoms with Crippen LogP contribution in [-0.4, -0.2) is 43.2 Å². The highest BCUT2D eigenvalue weighted by atomic mass is 16.2. The summed E-state index contributed by atoms with van der Waals surface area (Å²) in [6.45, 7) is 7.62. The Hall–Kier alpha value is -3.00. The number of aryl methyl sites for hydroxylation is 1. The van der Waals surface area contributed by atoms with Gasteiger partial charge in [-0.1, -0.05) is 38.1 Å². The standard InChI is InChI=1S/C20H26N6O2/c1-4-25(5-2)12-16-8-6-15(7-9-16)10-21-18(27)13-26-14-22-19-17(20(26)28)11-23-24(19)3/h6-9,11,14H,4-5,10,12-13H2,1-3H3,(H,21,27). The van der Waals surface area contributed by atoms with E-state index in [1.807, 2.05) is 12.1 Å². The molecule has 28 heavy (non-hydrogen) atoms. The van der Waals surface area contributed by atoms with Gasteiger partial charge in [-0.15, -0.1) is 0 Å². The van der Waals surface area contributed by atoms with E-state index in [0.29, 0.717) is 17.6 Å². The molecule has 0 spiro atoms. The van der Waals surface area contributed by atoms with E-state index in [2.05, 4.69) is 46.3 Å². The summed E-state index contributed by atoms with van der Waals surface area (Å²) >= 11 is 0. The van der Waals surface area contributed by atoms with E-state index < -0.39 is 0 Å². The average molecular weight is 382 g/mol. The molecule has 0 radical (unpaired) electrons. The van der Waals surface area contributed by atoms with E-state index in [0.717, 1.165) is 25.2 Å². The molecule has 3 rings (SSSR count). The molecule has 0 bridgehead atoms. The minimum absolute atomic E-state index is 0.0727. The van der Waals surface area contributed by atoms with Crippen LogP contribution in [0.25, 0.3) is 11.0 Å². The molecule has 0 saturated carbocycles. The largest absolute Gasteiger partial charge is 0.350 e. The Morgan fingerprint density at radius 2 is 1.82 bits per heavy atom. The lowest BCUT2D eigenvalue weighted by molar-refractivity contribution is -0.121. The number of hydrogen-bond donors (Lipinski definition) is 1. The van der Waals surface area contributed by atoms with Crippen LogP contribution in [0.5, 0.6) is 0 Å². The van der Waals surface area contributed by atoms with E-state index in [-0.39, 0.29) is 18.0 Å². The monoisotopic (exact) mass is 382 g/mol.